The van der Waals surface area contributed by atoms with Crippen LogP contribution >= 0.6 is 11.8 Å². The molecule has 0 unspecified atom stereocenters. The van der Waals surface area contributed by atoms with Crippen molar-refractivity contribution in [2.45, 2.75) is 19.8 Å². The lowest BCUT2D eigenvalue weighted by Gasteiger charge is -2.04. The summed E-state index contributed by atoms with van der Waals surface area (Å²) in [7, 11) is 0. The summed E-state index contributed by atoms with van der Waals surface area (Å²) in [6, 6.07) is 0. The van der Waals surface area contributed by atoms with Gasteiger partial charge in [-0.2, -0.15) is 0 Å². The van der Waals surface area contributed by atoms with Gasteiger partial charge in [0.1, 0.15) is 0 Å². The lowest BCUT2D eigenvalue weighted by Crippen LogP contribution is -1.85. The minimum absolute atomic E-state index is 1.18. The first-order chi connectivity index (χ1) is 3.39. The van der Waals surface area contributed by atoms with Crippen LogP contribution in [-0.2, 0) is 0 Å². The first kappa shape index (κ1) is 5.23. The summed E-state index contributed by atoms with van der Waals surface area (Å²) in [6.45, 7) is 2.13. The molecule has 0 aromatic heterocycles. The highest BCUT2D eigenvalue weighted by molar-refractivity contribution is 8.03. The normalized spacial score (nSPS) is 21.6. The molecule has 7 heavy (non-hydrogen) atoms. The Morgan fingerprint density at radius 1 is 1.71 bits per heavy atom. The minimum Gasteiger partial charge on any atom is -0.131 e. The highest BCUT2D eigenvalue weighted by atomic mass is 32.2. The Balaban J connectivity index is 2.40. The lowest BCUT2D eigenvalue weighted by molar-refractivity contribution is 0.936. The summed E-state index contributed by atoms with van der Waals surface area (Å²) in [6.07, 6.45) is 5.76. The van der Waals surface area contributed by atoms with Crippen LogP contribution in [0.5, 0.6) is 0 Å². The largest absolute Gasteiger partial charge is 0.131 e. The van der Waals surface area contributed by atoms with Crippen LogP contribution in [0.2, 0.25) is 0 Å². The number of hydrogen-bond acceptors (Lipinski definition) is 1. The molecule has 0 saturated heterocycles. The number of thioether (sulfide) groups is 1. The molecule has 1 heterocycles. The van der Waals surface area contributed by atoms with Gasteiger partial charge in [-0.1, -0.05) is 0 Å². The van der Waals surface area contributed by atoms with Gasteiger partial charge >= 0.3 is 0 Å². The van der Waals surface area contributed by atoms with Crippen LogP contribution < -0.4 is 0 Å². The van der Waals surface area contributed by atoms with Crippen LogP contribution in [0.15, 0.2) is 4.91 Å². The van der Waals surface area contributed by atoms with E-state index >= 15 is 0 Å². The molecule has 1 heteroatoms. The summed E-state index contributed by atoms with van der Waals surface area (Å²) in [5.74, 6) is 1.30. The second-order valence-electron chi connectivity index (χ2n) is 1.68. The molecule has 0 atom stereocenters. The highest BCUT2D eigenvalue weighted by Gasteiger charge is 1.96. The zero-order valence-corrected chi connectivity index (χ0v) is 5.35. The van der Waals surface area contributed by atoms with Gasteiger partial charge in [-0.05, 0) is 36.5 Å². The van der Waals surface area contributed by atoms with Crippen LogP contribution in [0.3, 0.4) is 0 Å². The fourth-order valence-electron chi connectivity index (χ4n) is 0.613. The van der Waals surface area contributed by atoms with E-state index in [1.807, 2.05) is 11.8 Å². The van der Waals surface area contributed by atoms with E-state index in [0.717, 1.165) is 0 Å². The van der Waals surface area contributed by atoms with E-state index in [4.69, 9.17) is 0 Å². The Hall–Kier alpha value is 0.0900. The summed E-state index contributed by atoms with van der Waals surface area (Å²) < 4.78 is 0. The van der Waals surface area contributed by atoms with E-state index < -0.39 is 0 Å². The van der Waals surface area contributed by atoms with E-state index in [-0.39, 0.29) is 0 Å². The molecule has 0 fully saturated rings. The zero-order valence-electron chi connectivity index (χ0n) is 4.53. The molecule has 0 aromatic rings. The van der Waals surface area contributed by atoms with E-state index in [2.05, 4.69) is 13.0 Å². The van der Waals surface area contributed by atoms with Gasteiger partial charge in [-0.3, -0.25) is 0 Å². The van der Waals surface area contributed by atoms with Crippen molar-refractivity contribution < 1.29 is 0 Å². The van der Waals surface area contributed by atoms with E-state index in [1.54, 1.807) is 0 Å². The molecule has 0 N–H and O–H groups in total. The number of allylic oxidation sites excluding steroid dienone is 2. The molecule has 0 amide bonds. The Labute approximate surface area is 49.0 Å². The van der Waals surface area contributed by atoms with Crippen LogP contribution in [0.25, 0.3) is 0 Å². The van der Waals surface area contributed by atoms with Crippen LogP contribution in [-0.4, -0.2) is 5.75 Å². The van der Waals surface area contributed by atoms with Crippen molar-refractivity contribution in [3.05, 3.63) is 11.0 Å². The van der Waals surface area contributed by atoms with E-state index in [9.17, 15) is 0 Å². The molecule has 0 spiro atoms. The van der Waals surface area contributed by atoms with Gasteiger partial charge in [-0.15, -0.1) is 11.8 Å². The molecule has 0 saturated carbocycles. The Bertz CT molecular complexity index is 84.2. The van der Waals surface area contributed by atoms with Gasteiger partial charge in [0.05, 0.1) is 0 Å². The Morgan fingerprint density at radius 3 is 2.86 bits per heavy atom. The van der Waals surface area contributed by atoms with Gasteiger partial charge in [0.2, 0.25) is 0 Å². The predicted octanol–water partition coefficient (Wildman–Crippen LogP) is 2.22. The first-order valence-corrected chi connectivity index (χ1v) is 3.58. The van der Waals surface area contributed by atoms with Gasteiger partial charge < -0.3 is 0 Å². The summed E-state index contributed by atoms with van der Waals surface area (Å²) in [5, 5.41) is 0. The van der Waals surface area contributed by atoms with Gasteiger partial charge in [0, 0.05) is 0 Å². The Morgan fingerprint density at radius 2 is 2.57 bits per heavy atom. The lowest BCUT2D eigenvalue weighted by atomic mass is 10.3. The topological polar surface area (TPSA) is 0 Å². The standard InChI is InChI=1S/C6H9S/c1-6-4-2-3-5-7-6/h2-3,5H2,1H3. The van der Waals surface area contributed by atoms with Crippen molar-refractivity contribution in [1.82, 2.24) is 0 Å². The average Bonchev–Trinajstić information content (AvgIpc) is 1.69. The Kier molecular flexibility index (Phi) is 1.80. The molecule has 0 nitrogen and oxygen atoms in total. The molecule has 0 aliphatic carbocycles. The summed E-state index contributed by atoms with van der Waals surface area (Å²) in [4.78, 5) is 1.38. The monoisotopic (exact) mass is 113 g/mol. The van der Waals surface area contributed by atoms with Crippen LogP contribution in [0.4, 0.5) is 0 Å². The molecule has 0 aromatic carbocycles. The summed E-state index contributed by atoms with van der Waals surface area (Å²) >= 11 is 1.92. The smallest absolute Gasteiger partial charge is 0.00201 e. The van der Waals surface area contributed by atoms with Gasteiger partial charge in [-0.25, -0.2) is 0 Å². The second kappa shape index (κ2) is 2.41. The molecule has 1 aliphatic heterocycles. The van der Waals surface area contributed by atoms with Crippen molar-refractivity contribution in [2.75, 3.05) is 5.75 Å². The molecule has 1 aliphatic rings. The SMILES string of the molecule is CC1=[C]CCCS1. The third-order valence-corrected chi connectivity index (χ3v) is 2.08. The van der Waals surface area contributed by atoms with Crippen LogP contribution in [0.1, 0.15) is 19.8 Å². The average molecular weight is 113 g/mol. The van der Waals surface area contributed by atoms with Crippen molar-refractivity contribution >= 4 is 11.8 Å². The van der Waals surface area contributed by atoms with Crippen molar-refractivity contribution in [3.63, 3.8) is 0 Å². The quantitative estimate of drug-likeness (QED) is 0.464. The third kappa shape index (κ3) is 1.56. The van der Waals surface area contributed by atoms with Gasteiger partial charge in [0.25, 0.3) is 0 Å². The molecular weight excluding hydrogens is 104 g/mol. The van der Waals surface area contributed by atoms with Crippen LogP contribution in [0, 0.1) is 6.08 Å². The fraction of sp³-hybridized carbons (Fsp3) is 0.667. The number of rotatable bonds is 0. The molecule has 1 rings (SSSR count). The highest BCUT2D eigenvalue weighted by Crippen LogP contribution is 2.21. The van der Waals surface area contributed by atoms with E-state index in [0.29, 0.717) is 0 Å². The van der Waals surface area contributed by atoms with Gasteiger partial charge in [0.15, 0.2) is 0 Å². The number of hydrogen-bond donors (Lipinski definition) is 0. The van der Waals surface area contributed by atoms with E-state index in [1.165, 1.54) is 23.5 Å². The maximum absolute atomic E-state index is 3.26. The first-order valence-electron chi connectivity index (χ1n) is 2.60. The summed E-state index contributed by atoms with van der Waals surface area (Å²) in [5.41, 5.74) is 0. The second-order valence-corrected chi connectivity index (χ2v) is 2.99. The zero-order chi connectivity index (χ0) is 5.11. The molecule has 39 valence electrons. The molecule has 0 bridgehead atoms. The van der Waals surface area contributed by atoms with Crippen molar-refractivity contribution in [3.8, 4) is 0 Å². The van der Waals surface area contributed by atoms with Crippen molar-refractivity contribution in [1.29, 1.82) is 0 Å². The fourth-order valence-corrected chi connectivity index (χ4v) is 1.41. The molecule has 1 radical (unpaired) electrons. The maximum atomic E-state index is 3.26. The predicted molar refractivity (Wildman–Crippen MR) is 34.1 cm³/mol. The van der Waals surface area contributed by atoms with Crippen molar-refractivity contribution in [2.24, 2.45) is 0 Å². The third-order valence-electron chi connectivity index (χ3n) is 1.01. The molecular formula is C6H9S. The maximum Gasteiger partial charge on any atom is -0.00201 e. The minimum atomic E-state index is 1.18.